The molecule has 0 amide bonds. The number of rotatable bonds is 9. The van der Waals surface area contributed by atoms with Gasteiger partial charge in [0.25, 0.3) is 0 Å². The predicted molar refractivity (Wildman–Crippen MR) is 87.6 cm³/mol. The maximum atomic E-state index is 12.4. The van der Waals surface area contributed by atoms with Crippen molar-refractivity contribution in [3.05, 3.63) is 16.5 Å². The Morgan fingerprint density at radius 3 is 2.52 bits per heavy atom. The fourth-order valence-electron chi connectivity index (χ4n) is 1.89. The summed E-state index contributed by atoms with van der Waals surface area (Å²) in [5.74, 6) is 1.16. The molecule has 1 atom stereocenters. The lowest BCUT2D eigenvalue weighted by atomic mass is 10.1. The van der Waals surface area contributed by atoms with E-state index < -0.39 is 10.0 Å². The highest BCUT2D eigenvalue weighted by Crippen LogP contribution is 2.26. The van der Waals surface area contributed by atoms with E-state index in [9.17, 15) is 8.42 Å². The van der Waals surface area contributed by atoms with Gasteiger partial charge in [-0.3, -0.25) is 0 Å². The Hall–Kier alpha value is -0.370. The van der Waals surface area contributed by atoms with E-state index in [1.165, 1.54) is 0 Å². The van der Waals surface area contributed by atoms with Gasteiger partial charge < -0.3 is 9.73 Å². The topological polar surface area (TPSA) is 71.3 Å². The van der Waals surface area contributed by atoms with Crippen LogP contribution in [-0.2, 0) is 16.6 Å². The maximum absolute atomic E-state index is 12.4. The van der Waals surface area contributed by atoms with Crippen LogP contribution in [0.4, 0.5) is 0 Å². The van der Waals surface area contributed by atoms with Crippen LogP contribution in [0.15, 0.2) is 20.0 Å². The first kappa shape index (κ1) is 18.7. The molecule has 0 radical (unpaired) electrons. The van der Waals surface area contributed by atoms with Gasteiger partial charge in [-0.15, -0.1) is 0 Å². The van der Waals surface area contributed by atoms with Gasteiger partial charge in [0.15, 0.2) is 4.67 Å². The Morgan fingerprint density at radius 1 is 1.29 bits per heavy atom. The minimum atomic E-state index is -3.56. The van der Waals surface area contributed by atoms with Crippen molar-refractivity contribution >= 4 is 26.0 Å². The van der Waals surface area contributed by atoms with Crippen LogP contribution >= 0.6 is 15.9 Å². The van der Waals surface area contributed by atoms with Crippen LogP contribution in [-0.4, -0.2) is 21.0 Å². The summed E-state index contributed by atoms with van der Waals surface area (Å²) in [7, 11) is -3.56. The smallest absolute Gasteiger partial charge is 0.245 e. The second-order valence-electron chi connectivity index (χ2n) is 5.62. The van der Waals surface area contributed by atoms with Gasteiger partial charge in [0.2, 0.25) is 10.0 Å². The molecule has 5 nitrogen and oxygen atoms in total. The lowest BCUT2D eigenvalue weighted by molar-refractivity contribution is 0.462. The molecule has 0 aliphatic rings. The van der Waals surface area contributed by atoms with E-state index in [1.807, 2.05) is 13.8 Å². The maximum Gasteiger partial charge on any atom is 0.245 e. The number of halogens is 1. The zero-order chi connectivity index (χ0) is 16.0. The molecular weight excluding hydrogens is 356 g/mol. The van der Waals surface area contributed by atoms with E-state index in [1.54, 1.807) is 6.07 Å². The summed E-state index contributed by atoms with van der Waals surface area (Å²) in [6.07, 6.45) is 1.80. The summed E-state index contributed by atoms with van der Waals surface area (Å²) in [5.41, 5.74) is 0. The fourth-order valence-corrected chi connectivity index (χ4v) is 4.16. The normalized spacial score (nSPS) is 13.8. The SMILES string of the molecule is CCNCc1cc(S(=O)(=O)NC(C)CCC(C)C)c(Br)o1. The lowest BCUT2D eigenvalue weighted by Gasteiger charge is -2.14. The van der Waals surface area contributed by atoms with Crippen molar-refractivity contribution in [1.82, 2.24) is 10.0 Å². The fraction of sp³-hybridized carbons (Fsp3) is 0.714. The highest BCUT2D eigenvalue weighted by atomic mass is 79.9. The summed E-state index contributed by atoms with van der Waals surface area (Å²) in [6, 6.07) is 1.46. The molecule has 0 fully saturated rings. The Bertz CT molecular complexity index is 540. The summed E-state index contributed by atoms with van der Waals surface area (Å²) in [6.45, 7) is 9.42. The quantitative estimate of drug-likeness (QED) is 0.689. The average molecular weight is 381 g/mol. The molecule has 0 aliphatic carbocycles. The first-order valence-electron chi connectivity index (χ1n) is 7.27. The Labute approximate surface area is 136 Å². The molecule has 21 heavy (non-hydrogen) atoms. The summed E-state index contributed by atoms with van der Waals surface area (Å²) < 4.78 is 33.1. The Kier molecular flexibility index (Phi) is 7.39. The van der Waals surface area contributed by atoms with E-state index in [0.717, 1.165) is 19.4 Å². The molecule has 1 rings (SSSR count). The predicted octanol–water partition coefficient (Wildman–Crippen LogP) is 3.25. The molecule has 0 aliphatic heterocycles. The van der Waals surface area contributed by atoms with Crippen molar-refractivity contribution in [2.75, 3.05) is 6.54 Å². The molecule has 1 heterocycles. The van der Waals surface area contributed by atoms with Crippen LogP contribution < -0.4 is 10.0 Å². The van der Waals surface area contributed by atoms with Crippen molar-refractivity contribution in [3.8, 4) is 0 Å². The molecule has 1 aromatic rings. The molecular formula is C14H25BrN2O3S. The minimum absolute atomic E-state index is 0.101. The third kappa shape index (κ3) is 6.10. The highest BCUT2D eigenvalue weighted by Gasteiger charge is 2.24. The number of furan rings is 1. The minimum Gasteiger partial charge on any atom is -0.452 e. The zero-order valence-corrected chi connectivity index (χ0v) is 15.5. The lowest BCUT2D eigenvalue weighted by Crippen LogP contribution is -2.32. The van der Waals surface area contributed by atoms with Crippen LogP contribution in [0.1, 0.15) is 46.3 Å². The largest absolute Gasteiger partial charge is 0.452 e. The first-order valence-corrected chi connectivity index (χ1v) is 9.55. The molecule has 1 aromatic heterocycles. The van der Waals surface area contributed by atoms with Crippen LogP contribution in [0, 0.1) is 5.92 Å². The van der Waals surface area contributed by atoms with Gasteiger partial charge in [-0.05, 0) is 48.2 Å². The van der Waals surface area contributed by atoms with Gasteiger partial charge in [0.1, 0.15) is 10.7 Å². The number of hydrogen-bond donors (Lipinski definition) is 2. The molecule has 122 valence electrons. The van der Waals surface area contributed by atoms with E-state index in [0.29, 0.717) is 18.2 Å². The highest BCUT2D eigenvalue weighted by molar-refractivity contribution is 9.10. The van der Waals surface area contributed by atoms with Gasteiger partial charge in [0.05, 0.1) is 6.54 Å². The standard InChI is InChI=1S/C14H25BrN2O3S/c1-5-16-9-12-8-13(14(15)20-12)21(18,19)17-11(4)7-6-10(2)3/h8,10-11,16-17H,5-7,9H2,1-4H3. The number of nitrogens with one attached hydrogen (secondary N) is 2. The van der Waals surface area contributed by atoms with Crippen molar-refractivity contribution in [1.29, 1.82) is 0 Å². The molecule has 0 saturated carbocycles. The summed E-state index contributed by atoms with van der Waals surface area (Å²) in [4.78, 5) is 0.159. The molecule has 1 unspecified atom stereocenters. The van der Waals surface area contributed by atoms with Crippen LogP contribution in [0.25, 0.3) is 0 Å². The average Bonchev–Trinajstić information content (AvgIpc) is 2.75. The summed E-state index contributed by atoms with van der Waals surface area (Å²) in [5, 5.41) is 3.10. The monoisotopic (exact) mass is 380 g/mol. The molecule has 0 aromatic carbocycles. The van der Waals surface area contributed by atoms with Crippen molar-refractivity contribution in [2.24, 2.45) is 5.92 Å². The summed E-state index contributed by atoms with van der Waals surface area (Å²) >= 11 is 3.18. The van der Waals surface area contributed by atoms with Crippen LogP contribution in [0.5, 0.6) is 0 Å². The van der Waals surface area contributed by atoms with Crippen molar-refractivity contribution in [3.63, 3.8) is 0 Å². The second kappa shape index (κ2) is 8.31. The van der Waals surface area contributed by atoms with E-state index in [-0.39, 0.29) is 15.6 Å². The zero-order valence-electron chi connectivity index (χ0n) is 13.1. The van der Waals surface area contributed by atoms with Gasteiger partial charge >= 0.3 is 0 Å². The van der Waals surface area contributed by atoms with Crippen molar-refractivity contribution in [2.45, 2.75) is 58.0 Å². The number of sulfonamides is 1. The van der Waals surface area contributed by atoms with Crippen molar-refractivity contribution < 1.29 is 12.8 Å². The molecule has 0 spiro atoms. The number of hydrogen-bond acceptors (Lipinski definition) is 4. The van der Waals surface area contributed by atoms with E-state index in [4.69, 9.17) is 4.42 Å². The molecule has 7 heteroatoms. The molecule has 2 N–H and O–H groups in total. The van der Waals surface area contributed by atoms with Gasteiger partial charge in [-0.1, -0.05) is 20.8 Å². The first-order chi connectivity index (χ1) is 9.76. The molecule has 0 saturated heterocycles. The second-order valence-corrected chi connectivity index (χ2v) is 8.03. The Morgan fingerprint density at radius 2 is 1.95 bits per heavy atom. The van der Waals surface area contributed by atoms with Crippen LogP contribution in [0.2, 0.25) is 0 Å². The van der Waals surface area contributed by atoms with Gasteiger partial charge in [0, 0.05) is 12.1 Å². The van der Waals surface area contributed by atoms with Crippen LogP contribution in [0.3, 0.4) is 0 Å². The van der Waals surface area contributed by atoms with E-state index >= 15 is 0 Å². The Balaban J connectivity index is 2.75. The van der Waals surface area contributed by atoms with Gasteiger partial charge in [-0.25, -0.2) is 13.1 Å². The third-order valence-electron chi connectivity index (χ3n) is 3.08. The van der Waals surface area contributed by atoms with E-state index in [2.05, 4.69) is 39.8 Å². The van der Waals surface area contributed by atoms with Gasteiger partial charge in [-0.2, -0.15) is 0 Å². The third-order valence-corrected chi connectivity index (χ3v) is 5.53. The molecule has 0 bridgehead atoms.